The minimum atomic E-state index is -0.112. The highest BCUT2D eigenvalue weighted by molar-refractivity contribution is 6.37. The minimum absolute atomic E-state index is 0. The van der Waals surface area contributed by atoms with Crippen molar-refractivity contribution in [1.82, 2.24) is 36.2 Å². The fraction of sp³-hybridized carbons (Fsp3) is 0.222. The van der Waals surface area contributed by atoms with Crippen molar-refractivity contribution in [3.63, 3.8) is 0 Å². The number of halogens is 11. The van der Waals surface area contributed by atoms with Crippen LogP contribution >= 0.6 is 128 Å². The first-order valence-corrected chi connectivity index (χ1v) is 20.0. The Morgan fingerprint density at radius 3 is 1.14 bits per heavy atom. The van der Waals surface area contributed by atoms with Crippen LogP contribution < -0.4 is 22.1 Å². The van der Waals surface area contributed by atoms with E-state index in [1.807, 2.05) is 39.0 Å². The molecule has 2 heterocycles. The van der Waals surface area contributed by atoms with Crippen LogP contribution in [0, 0.1) is 0 Å². The molecule has 0 aliphatic heterocycles. The lowest BCUT2D eigenvalue weighted by molar-refractivity contribution is 0.603. The first-order chi connectivity index (χ1) is 26.4. The summed E-state index contributed by atoms with van der Waals surface area (Å²) in [6.07, 6.45) is 2.84. The predicted octanol–water partition coefficient (Wildman–Crippen LogP) is 13.3. The van der Waals surface area contributed by atoms with Gasteiger partial charge < -0.3 is 10.9 Å². The normalized spacial score (nSPS) is 12.8. The average molecular weight is 998 g/mol. The van der Waals surface area contributed by atoms with Crippen LogP contribution in [0.25, 0.3) is 0 Å². The smallest absolute Gasteiger partial charge is 0.158 e. The predicted molar refractivity (Wildman–Crippen MR) is 244 cm³/mol. The second-order valence-electron chi connectivity index (χ2n) is 11.6. The van der Waals surface area contributed by atoms with Crippen LogP contribution in [0.4, 0.5) is 0 Å². The molecule has 0 amide bonds. The molecule has 0 unspecified atom stereocenters. The minimum Gasteiger partial charge on any atom is -0.302 e. The van der Waals surface area contributed by atoms with Crippen molar-refractivity contribution < 1.29 is 0 Å². The number of hydrogen-bond donors (Lipinski definition) is 4. The Hall–Kier alpha value is -2.13. The zero-order chi connectivity index (χ0) is 41.7. The van der Waals surface area contributed by atoms with Gasteiger partial charge in [-0.3, -0.25) is 11.3 Å². The third-order valence-electron chi connectivity index (χ3n) is 7.48. The number of hydrazone groups is 2. The van der Waals surface area contributed by atoms with E-state index in [2.05, 4.69) is 46.4 Å². The molecular formula is C36H35Cl11N10. The van der Waals surface area contributed by atoms with Gasteiger partial charge in [-0.1, -0.05) is 134 Å². The fourth-order valence-corrected chi connectivity index (χ4v) is 7.08. The van der Waals surface area contributed by atoms with Crippen LogP contribution in [-0.4, -0.2) is 31.4 Å². The molecule has 10 nitrogen and oxygen atoms in total. The largest absolute Gasteiger partial charge is 0.302 e. The van der Waals surface area contributed by atoms with Gasteiger partial charge in [0.1, 0.15) is 21.7 Å². The number of hydrazine groups is 1. The Labute approximate surface area is 387 Å². The van der Waals surface area contributed by atoms with E-state index in [1.54, 1.807) is 50.2 Å². The topological polar surface area (TPSA) is 138 Å². The Morgan fingerprint density at radius 1 is 0.544 bits per heavy atom. The quantitative estimate of drug-likeness (QED) is 0.0616. The zero-order valence-corrected chi connectivity index (χ0v) is 38.9. The van der Waals surface area contributed by atoms with Crippen molar-refractivity contribution in [3.05, 3.63) is 146 Å². The standard InChI is InChI=1S/2C14H12Cl4N4.C8H10Cl2N2.ClH/c2*1-7(10-4-3-9(15)5-11(10)16)21-22-8(2)13-14(18)20-12(17)6-19-13;1-5(12-11)7-3-2-6(9)4-8(7)10;/h2*3-7,21H,1-2H3;2-5,12H,11H2,1H3;1H/b22-8+;22-8-;;/t2*7-;5-;/m111./s1. The Bertz CT molecular complexity index is 2050. The molecule has 57 heavy (non-hydrogen) atoms. The number of nitrogens with two attached hydrogens (primary N) is 1. The van der Waals surface area contributed by atoms with Crippen LogP contribution in [-0.2, 0) is 0 Å². The maximum atomic E-state index is 6.17. The first kappa shape index (κ1) is 51.0. The maximum Gasteiger partial charge on any atom is 0.158 e. The van der Waals surface area contributed by atoms with Crippen molar-refractivity contribution in [2.45, 2.75) is 52.7 Å². The molecule has 0 radical (unpaired) electrons. The third kappa shape index (κ3) is 16.1. The average Bonchev–Trinajstić information content (AvgIpc) is 3.13. The highest BCUT2D eigenvalue weighted by Crippen LogP contribution is 2.28. The second kappa shape index (κ2) is 24.8. The van der Waals surface area contributed by atoms with Crippen LogP contribution in [0.5, 0.6) is 0 Å². The number of benzene rings is 3. The fourth-order valence-electron chi connectivity index (χ4n) is 4.46. The molecule has 0 bridgehead atoms. The molecule has 0 fully saturated rings. The van der Waals surface area contributed by atoms with Crippen LogP contribution in [0.1, 0.15) is 80.8 Å². The van der Waals surface area contributed by atoms with Gasteiger partial charge in [-0.2, -0.15) is 10.2 Å². The summed E-state index contributed by atoms with van der Waals surface area (Å²) in [6, 6.07) is 15.8. The lowest BCUT2D eigenvalue weighted by atomic mass is 10.1. The third-order valence-corrected chi connectivity index (χ3v) is 10.1. The number of hydrogen-bond acceptors (Lipinski definition) is 10. The van der Waals surface area contributed by atoms with Gasteiger partial charge in [-0.25, -0.2) is 19.9 Å². The van der Waals surface area contributed by atoms with Gasteiger partial charge >= 0.3 is 0 Å². The van der Waals surface area contributed by atoms with Crippen molar-refractivity contribution in [3.8, 4) is 0 Å². The van der Waals surface area contributed by atoms with E-state index in [1.165, 1.54) is 12.4 Å². The molecule has 0 aliphatic rings. The molecule has 21 heteroatoms. The monoisotopic (exact) mass is 992 g/mol. The highest BCUT2D eigenvalue weighted by Gasteiger charge is 2.14. The summed E-state index contributed by atoms with van der Waals surface area (Å²) in [6.45, 7) is 9.33. The van der Waals surface area contributed by atoms with E-state index in [4.69, 9.17) is 122 Å². The Balaban J connectivity index is 0.000000306. The summed E-state index contributed by atoms with van der Waals surface area (Å²) < 4.78 is 0. The molecule has 3 aromatic carbocycles. The Morgan fingerprint density at radius 2 is 0.860 bits per heavy atom. The summed E-state index contributed by atoms with van der Waals surface area (Å²) in [5, 5.41) is 13.0. The van der Waals surface area contributed by atoms with Crippen LogP contribution in [0.15, 0.2) is 77.2 Å². The molecule has 0 saturated heterocycles. The van der Waals surface area contributed by atoms with Gasteiger partial charge in [-0.05, 0) is 87.7 Å². The molecule has 3 atom stereocenters. The van der Waals surface area contributed by atoms with Gasteiger partial charge in [0.15, 0.2) is 10.3 Å². The maximum absolute atomic E-state index is 6.17. The summed E-state index contributed by atoms with van der Waals surface area (Å²) >= 11 is 59.2. The summed E-state index contributed by atoms with van der Waals surface area (Å²) in [7, 11) is 0. The van der Waals surface area contributed by atoms with E-state index in [0.717, 1.165) is 16.7 Å². The number of nitrogens with zero attached hydrogens (tertiary/aromatic N) is 6. The second-order valence-corrected chi connectivity index (χ2v) is 15.7. The van der Waals surface area contributed by atoms with Crippen molar-refractivity contribution in [2.75, 3.05) is 0 Å². The van der Waals surface area contributed by atoms with E-state index in [-0.39, 0.29) is 51.1 Å². The molecule has 5 N–H and O–H groups in total. The lowest BCUT2D eigenvalue weighted by Gasteiger charge is -2.14. The van der Waals surface area contributed by atoms with Crippen molar-refractivity contribution in [2.24, 2.45) is 16.0 Å². The first-order valence-electron chi connectivity index (χ1n) is 16.2. The van der Waals surface area contributed by atoms with E-state index >= 15 is 0 Å². The summed E-state index contributed by atoms with van der Waals surface area (Å²) in [5.74, 6) is 5.27. The van der Waals surface area contributed by atoms with Crippen LogP contribution in [0.3, 0.4) is 0 Å². The van der Waals surface area contributed by atoms with Gasteiger partial charge in [0.2, 0.25) is 0 Å². The SMILES string of the molecule is C/C(=N/N[C@H](C)c1ccc(Cl)cc1Cl)c1ncc(Cl)nc1Cl.C/C(=N\N[C@H](C)c1ccc(Cl)cc1Cl)c1ncc(Cl)nc1Cl.C[C@@H](NN)c1ccc(Cl)cc1Cl.Cl. The van der Waals surface area contributed by atoms with Gasteiger partial charge in [-0.15, -0.1) is 12.4 Å². The molecule has 0 aliphatic carbocycles. The zero-order valence-electron chi connectivity index (χ0n) is 30.5. The lowest BCUT2D eigenvalue weighted by Crippen LogP contribution is -2.25. The molecule has 5 aromatic rings. The van der Waals surface area contributed by atoms with E-state index < -0.39 is 0 Å². The molecule has 2 aromatic heterocycles. The van der Waals surface area contributed by atoms with E-state index in [9.17, 15) is 0 Å². The molecule has 5 rings (SSSR count). The number of rotatable bonds is 10. The highest BCUT2D eigenvalue weighted by atomic mass is 35.5. The molecule has 0 spiro atoms. The van der Waals surface area contributed by atoms with Gasteiger partial charge in [0.25, 0.3) is 0 Å². The van der Waals surface area contributed by atoms with Gasteiger partial charge in [0, 0.05) is 36.2 Å². The van der Waals surface area contributed by atoms with Gasteiger partial charge in [0.05, 0.1) is 35.9 Å². The Kier molecular flexibility index (Phi) is 22.2. The number of nitrogens with one attached hydrogen (secondary N) is 3. The molecule has 0 saturated carbocycles. The van der Waals surface area contributed by atoms with Crippen molar-refractivity contribution >= 4 is 140 Å². The summed E-state index contributed by atoms with van der Waals surface area (Å²) in [4.78, 5) is 16.1. The molecular weight excluding hydrogens is 962 g/mol. The van der Waals surface area contributed by atoms with E-state index in [0.29, 0.717) is 52.9 Å². The van der Waals surface area contributed by atoms with Crippen molar-refractivity contribution in [1.29, 1.82) is 0 Å². The number of aromatic nitrogens is 4. The summed E-state index contributed by atoms with van der Waals surface area (Å²) in [5.41, 5.74) is 13.4. The molecule has 306 valence electrons. The van der Waals surface area contributed by atoms with Crippen LogP contribution in [0.2, 0.25) is 50.7 Å².